The number of carbonyl (C=O) groups is 1. The molecule has 110 valence electrons. The Morgan fingerprint density at radius 1 is 1.21 bits per heavy atom. The van der Waals surface area contributed by atoms with Crippen LogP contribution in [0.5, 0.6) is 0 Å². The van der Waals surface area contributed by atoms with Gasteiger partial charge in [-0.15, -0.1) is 0 Å². The number of ether oxygens (including phenoxy) is 1. The predicted molar refractivity (Wildman–Crippen MR) is 71.9 cm³/mol. The normalized spacial score (nSPS) is 29.7. The average molecular weight is 272 g/mol. The van der Waals surface area contributed by atoms with Crippen molar-refractivity contribution in [2.24, 2.45) is 0 Å². The average Bonchev–Trinajstić information content (AvgIpc) is 2.27. The molecule has 2 atom stereocenters. The van der Waals surface area contributed by atoms with Crippen molar-refractivity contribution in [3.8, 4) is 0 Å². The molecule has 2 unspecified atom stereocenters. The highest BCUT2D eigenvalue weighted by molar-refractivity contribution is 5.68. The molecule has 1 saturated heterocycles. The van der Waals surface area contributed by atoms with Gasteiger partial charge in [0, 0.05) is 25.2 Å². The van der Waals surface area contributed by atoms with Gasteiger partial charge in [-0.3, -0.25) is 4.90 Å². The highest BCUT2D eigenvalue weighted by Crippen LogP contribution is 2.30. The maximum atomic E-state index is 13.3. The van der Waals surface area contributed by atoms with E-state index in [4.69, 9.17) is 4.74 Å². The van der Waals surface area contributed by atoms with E-state index < -0.39 is 11.8 Å². The van der Waals surface area contributed by atoms with E-state index in [1.807, 2.05) is 20.8 Å². The summed E-state index contributed by atoms with van der Waals surface area (Å²) < 4.78 is 18.6. The summed E-state index contributed by atoms with van der Waals surface area (Å²) in [5.41, 5.74) is -0.460. The summed E-state index contributed by atoms with van der Waals surface area (Å²) in [6.07, 6.45) is 2.45. The van der Waals surface area contributed by atoms with Crippen LogP contribution in [0.2, 0.25) is 0 Å². The monoisotopic (exact) mass is 272 g/mol. The summed E-state index contributed by atoms with van der Waals surface area (Å²) in [5.74, 6) is 0. The van der Waals surface area contributed by atoms with E-state index in [0.29, 0.717) is 6.42 Å². The molecule has 0 bridgehead atoms. The Bertz CT molecular complexity index is 322. The number of hydrogen-bond donors (Lipinski definition) is 1. The summed E-state index contributed by atoms with van der Waals surface area (Å²) in [4.78, 5) is 13.9. The van der Waals surface area contributed by atoms with Gasteiger partial charge in [0.2, 0.25) is 0 Å². The van der Waals surface area contributed by atoms with E-state index in [-0.39, 0.29) is 18.2 Å². The van der Waals surface area contributed by atoms with E-state index in [2.05, 4.69) is 10.2 Å². The molecule has 0 aromatic carbocycles. The van der Waals surface area contributed by atoms with Crippen LogP contribution in [0.4, 0.5) is 9.18 Å². The van der Waals surface area contributed by atoms with Gasteiger partial charge in [0.05, 0.1) is 0 Å². The van der Waals surface area contributed by atoms with Crippen molar-refractivity contribution >= 4 is 6.09 Å². The number of alkyl carbamates (subject to hydrolysis) is 1. The van der Waals surface area contributed by atoms with Crippen LogP contribution < -0.4 is 5.32 Å². The van der Waals surface area contributed by atoms with Crippen LogP contribution in [0.15, 0.2) is 0 Å². The SMILES string of the molecule is CC(C)(C)OC(=O)NC1CCN(C2CCC2F)CC1. The second kappa shape index (κ2) is 5.65. The summed E-state index contributed by atoms with van der Waals surface area (Å²) >= 11 is 0. The number of likely N-dealkylation sites (tertiary alicyclic amines) is 1. The first kappa shape index (κ1) is 14.6. The zero-order chi connectivity index (χ0) is 14.0. The fourth-order valence-corrected chi connectivity index (χ4v) is 2.70. The van der Waals surface area contributed by atoms with Crippen molar-refractivity contribution in [1.82, 2.24) is 10.2 Å². The lowest BCUT2D eigenvalue weighted by Crippen LogP contribution is -2.54. The summed E-state index contributed by atoms with van der Waals surface area (Å²) in [5, 5.41) is 2.90. The van der Waals surface area contributed by atoms with Crippen LogP contribution in [0, 0.1) is 0 Å². The first-order valence-corrected chi connectivity index (χ1v) is 7.23. The van der Waals surface area contributed by atoms with E-state index in [1.165, 1.54) is 0 Å². The molecule has 19 heavy (non-hydrogen) atoms. The lowest BCUT2D eigenvalue weighted by molar-refractivity contribution is 0.0142. The molecule has 1 heterocycles. The number of piperidine rings is 1. The Kier molecular flexibility index (Phi) is 4.33. The van der Waals surface area contributed by atoms with Crippen molar-refractivity contribution in [3.63, 3.8) is 0 Å². The Balaban J connectivity index is 1.70. The minimum atomic E-state index is -0.643. The molecule has 0 aromatic rings. The molecule has 1 amide bonds. The molecule has 0 spiro atoms. The van der Waals surface area contributed by atoms with Gasteiger partial charge in [0.1, 0.15) is 11.8 Å². The van der Waals surface area contributed by atoms with Gasteiger partial charge in [0.15, 0.2) is 0 Å². The number of alkyl halides is 1. The second-order valence-corrected chi connectivity index (χ2v) is 6.62. The first-order chi connectivity index (χ1) is 8.85. The third-order valence-corrected chi connectivity index (χ3v) is 3.88. The Labute approximate surface area is 114 Å². The number of halogens is 1. The van der Waals surface area contributed by atoms with E-state index in [9.17, 15) is 9.18 Å². The van der Waals surface area contributed by atoms with E-state index >= 15 is 0 Å². The molecule has 2 aliphatic rings. The molecular formula is C14H25FN2O2. The van der Waals surface area contributed by atoms with E-state index in [0.717, 1.165) is 32.4 Å². The Morgan fingerprint density at radius 2 is 1.84 bits per heavy atom. The number of hydrogen-bond acceptors (Lipinski definition) is 3. The molecule has 0 aromatic heterocycles. The van der Waals surface area contributed by atoms with Crippen LogP contribution in [0.3, 0.4) is 0 Å². The summed E-state index contributed by atoms with van der Waals surface area (Å²) in [6, 6.07) is 0.284. The van der Waals surface area contributed by atoms with Gasteiger partial charge in [0.25, 0.3) is 0 Å². The minimum absolute atomic E-state index is 0.127. The van der Waals surface area contributed by atoms with Crippen LogP contribution in [0.25, 0.3) is 0 Å². The van der Waals surface area contributed by atoms with Gasteiger partial charge in [-0.25, -0.2) is 9.18 Å². The third kappa shape index (κ3) is 4.06. The third-order valence-electron chi connectivity index (χ3n) is 3.88. The standard InChI is InChI=1S/C14H25FN2O2/c1-14(2,3)19-13(18)16-10-6-8-17(9-7-10)12-5-4-11(12)15/h10-12H,4-9H2,1-3H3,(H,16,18). The first-order valence-electron chi connectivity index (χ1n) is 7.23. The minimum Gasteiger partial charge on any atom is -0.444 e. The van der Waals surface area contributed by atoms with Gasteiger partial charge < -0.3 is 10.1 Å². The maximum absolute atomic E-state index is 13.3. The molecule has 4 nitrogen and oxygen atoms in total. The number of nitrogens with zero attached hydrogens (tertiary/aromatic N) is 1. The highest BCUT2D eigenvalue weighted by atomic mass is 19.1. The smallest absolute Gasteiger partial charge is 0.407 e. The van der Waals surface area contributed by atoms with Crippen LogP contribution in [0.1, 0.15) is 46.5 Å². The number of nitrogens with one attached hydrogen (secondary N) is 1. The maximum Gasteiger partial charge on any atom is 0.407 e. The zero-order valence-electron chi connectivity index (χ0n) is 12.1. The molecule has 2 rings (SSSR count). The van der Waals surface area contributed by atoms with Gasteiger partial charge in [-0.2, -0.15) is 0 Å². The van der Waals surface area contributed by atoms with Crippen molar-refractivity contribution in [2.75, 3.05) is 13.1 Å². The molecule has 5 heteroatoms. The van der Waals surface area contributed by atoms with Crippen molar-refractivity contribution < 1.29 is 13.9 Å². The quantitative estimate of drug-likeness (QED) is 0.839. The zero-order valence-corrected chi connectivity index (χ0v) is 12.1. The highest BCUT2D eigenvalue weighted by Gasteiger charge is 2.37. The van der Waals surface area contributed by atoms with Crippen molar-refractivity contribution in [2.45, 2.75) is 70.3 Å². The topological polar surface area (TPSA) is 41.6 Å². The van der Waals surface area contributed by atoms with Gasteiger partial charge in [-0.1, -0.05) is 0 Å². The summed E-state index contributed by atoms with van der Waals surface area (Å²) in [6.45, 7) is 7.30. The fraction of sp³-hybridized carbons (Fsp3) is 0.929. The van der Waals surface area contributed by atoms with E-state index in [1.54, 1.807) is 0 Å². The van der Waals surface area contributed by atoms with Crippen molar-refractivity contribution in [3.05, 3.63) is 0 Å². The Hall–Kier alpha value is -0.840. The summed E-state index contributed by atoms with van der Waals surface area (Å²) in [7, 11) is 0. The lowest BCUT2D eigenvalue weighted by atomic mass is 9.87. The number of amides is 1. The molecule has 1 N–H and O–H groups in total. The number of carbonyl (C=O) groups excluding carboxylic acids is 1. The van der Waals surface area contributed by atoms with Gasteiger partial charge in [-0.05, 0) is 46.5 Å². The van der Waals surface area contributed by atoms with Crippen LogP contribution in [-0.4, -0.2) is 47.9 Å². The second-order valence-electron chi connectivity index (χ2n) is 6.62. The number of rotatable bonds is 2. The van der Waals surface area contributed by atoms with Crippen LogP contribution >= 0.6 is 0 Å². The molecule has 1 saturated carbocycles. The molecule has 1 aliphatic carbocycles. The predicted octanol–water partition coefficient (Wildman–Crippen LogP) is 2.48. The van der Waals surface area contributed by atoms with Crippen molar-refractivity contribution in [1.29, 1.82) is 0 Å². The molecular weight excluding hydrogens is 247 g/mol. The lowest BCUT2D eigenvalue weighted by Gasteiger charge is -2.43. The largest absolute Gasteiger partial charge is 0.444 e. The molecule has 2 fully saturated rings. The van der Waals surface area contributed by atoms with Gasteiger partial charge >= 0.3 is 6.09 Å². The molecule has 1 aliphatic heterocycles. The van der Waals surface area contributed by atoms with Crippen LogP contribution in [-0.2, 0) is 4.74 Å². The Morgan fingerprint density at radius 3 is 2.26 bits per heavy atom. The fourth-order valence-electron chi connectivity index (χ4n) is 2.70. The molecule has 0 radical (unpaired) electrons.